The van der Waals surface area contributed by atoms with E-state index in [4.69, 9.17) is 21.4 Å². The third kappa shape index (κ3) is 5.72. The molecule has 27 heavy (non-hydrogen) atoms. The van der Waals surface area contributed by atoms with Crippen LogP contribution in [0.15, 0.2) is 91.6 Å². The first-order chi connectivity index (χ1) is 13.2. The summed E-state index contributed by atoms with van der Waals surface area (Å²) in [6.07, 6.45) is 6.28. The molecule has 1 N–H and O–H groups in total. The second kappa shape index (κ2) is 11.2. The number of hydrogen-bond donors (Lipinski definition) is 1. The number of benzene rings is 2. The molecular weight excluding hydrogens is 356 g/mol. The quantitative estimate of drug-likeness (QED) is 0.316. The van der Waals surface area contributed by atoms with Gasteiger partial charge in [-0.25, -0.2) is 0 Å². The van der Waals surface area contributed by atoms with Gasteiger partial charge in [0.15, 0.2) is 0 Å². The summed E-state index contributed by atoms with van der Waals surface area (Å²) in [7, 11) is 0. The third-order valence-corrected chi connectivity index (χ3v) is 4.27. The molecule has 2 aromatic rings. The summed E-state index contributed by atoms with van der Waals surface area (Å²) >= 11 is 6.14. The van der Waals surface area contributed by atoms with E-state index in [1.807, 2.05) is 54.6 Å². The second-order valence-electron chi connectivity index (χ2n) is 5.82. The van der Waals surface area contributed by atoms with Crippen molar-refractivity contribution in [1.82, 2.24) is 0 Å². The topological polar surface area (TPSA) is 29.5 Å². The molecule has 0 fully saturated rings. The standard InChI is InChI=1S/C24H25ClO2/c1-3-8-19(4-2)24(21-11-13-22(14-12-21)27-18-17-26)23(15-16-25)20-9-6-5-7-10-20/h3-14,26H,1-2,15-18H2/b19-8+,24-23-. The Balaban J connectivity index is 2.64. The van der Waals surface area contributed by atoms with Gasteiger partial charge in [-0.15, -0.1) is 11.6 Å². The first-order valence-corrected chi connectivity index (χ1v) is 9.42. The van der Waals surface area contributed by atoms with E-state index in [-0.39, 0.29) is 13.2 Å². The highest BCUT2D eigenvalue weighted by molar-refractivity contribution is 6.18. The number of ether oxygens (including phenoxy) is 1. The zero-order valence-electron chi connectivity index (χ0n) is 15.4. The first kappa shape index (κ1) is 20.8. The predicted molar refractivity (Wildman–Crippen MR) is 116 cm³/mol. The third-order valence-electron chi connectivity index (χ3n) is 4.08. The molecule has 0 saturated heterocycles. The van der Waals surface area contributed by atoms with Gasteiger partial charge in [-0.05, 0) is 46.4 Å². The molecule has 0 radical (unpaired) electrons. The number of aliphatic hydroxyl groups is 1. The largest absolute Gasteiger partial charge is 0.491 e. The number of hydrogen-bond acceptors (Lipinski definition) is 2. The zero-order chi connectivity index (χ0) is 19.5. The van der Waals surface area contributed by atoms with Crippen molar-refractivity contribution in [3.8, 4) is 5.75 Å². The molecule has 2 aromatic carbocycles. The van der Waals surface area contributed by atoms with Crippen LogP contribution in [0, 0.1) is 0 Å². The van der Waals surface area contributed by atoms with Crippen molar-refractivity contribution >= 4 is 22.7 Å². The van der Waals surface area contributed by atoms with Crippen molar-refractivity contribution in [1.29, 1.82) is 0 Å². The summed E-state index contributed by atoms with van der Waals surface area (Å²) in [5, 5.41) is 8.92. The molecule has 2 rings (SSSR count). The van der Waals surface area contributed by atoms with Crippen LogP contribution >= 0.6 is 11.6 Å². The molecule has 3 heteroatoms. The molecule has 0 atom stereocenters. The molecule has 0 bridgehead atoms. The number of aliphatic hydroxyl groups excluding tert-OH is 1. The Labute approximate surface area is 166 Å². The molecule has 0 aliphatic rings. The highest BCUT2D eigenvalue weighted by Gasteiger charge is 2.14. The van der Waals surface area contributed by atoms with Crippen molar-refractivity contribution in [3.63, 3.8) is 0 Å². The molecule has 0 spiro atoms. The summed E-state index contributed by atoms with van der Waals surface area (Å²) in [5.41, 5.74) is 5.39. The van der Waals surface area contributed by atoms with Gasteiger partial charge in [0.1, 0.15) is 12.4 Å². The van der Waals surface area contributed by atoms with Crippen LogP contribution in [0.25, 0.3) is 11.1 Å². The lowest BCUT2D eigenvalue weighted by Crippen LogP contribution is -2.02. The van der Waals surface area contributed by atoms with Gasteiger partial charge in [-0.2, -0.15) is 0 Å². The summed E-state index contributed by atoms with van der Waals surface area (Å²) in [6.45, 7) is 8.08. The molecular formula is C24H25ClO2. The van der Waals surface area contributed by atoms with Gasteiger partial charge in [0.05, 0.1) is 6.61 Å². The molecule has 0 aromatic heterocycles. The normalized spacial score (nSPS) is 12.3. The van der Waals surface area contributed by atoms with Crippen LogP contribution in [0.1, 0.15) is 17.5 Å². The molecule has 0 heterocycles. The van der Waals surface area contributed by atoms with Gasteiger partial charge in [-0.3, -0.25) is 0 Å². The number of rotatable bonds is 10. The lowest BCUT2D eigenvalue weighted by atomic mass is 9.87. The molecule has 140 valence electrons. The van der Waals surface area contributed by atoms with Crippen molar-refractivity contribution in [2.45, 2.75) is 6.42 Å². The first-order valence-electron chi connectivity index (χ1n) is 8.89. The van der Waals surface area contributed by atoms with Gasteiger partial charge in [0.25, 0.3) is 0 Å². The van der Waals surface area contributed by atoms with E-state index < -0.39 is 0 Å². The van der Waals surface area contributed by atoms with Gasteiger partial charge in [-0.1, -0.05) is 73.9 Å². The Bertz CT molecular complexity index is 802. The van der Waals surface area contributed by atoms with Crippen molar-refractivity contribution < 1.29 is 9.84 Å². The lowest BCUT2D eigenvalue weighted by Gasteiger charge is -2.18. The van der Waals surface area contributed by atoms with Crippen LogP contribution in [-0.4, -0.2) is 24.2 Å². The molecule has 2 nitrogen and oxygen atoms in total. The van der Waals surface area contributed by atoms with E-state index in [2.05, 4.69) is 25.3 Å². The van der Waals surface area contributed by atoms with Crippen LogP contribution < -0.4 is 4.74 Å². The molecule has 0 amide bonds. The minimum absolute atomic E-state index is 0.0104. The molecule has 0 unspecified atom stereocenters. The van der Waals surface area contributed by atoms with E-state index in [1.54, 1.807) is 6.08 Å². The number of alkyl halides is 1. The minimum Gasteiger partial charge on any atom is -0.491 e. The zero-order valence-corrected chi connectivity index (χ0v) is 16.2. The van der Waals surface area contributed by atoms with E-state index in [9.17, 15) is 0 Å². The van der Waals surface area contributed by atoms with E-state index in [0.717, 1.165) is 40.0 Å². The summed E-state index contributed by atoms with van der Waals surface area (Å²) in [6, 6.07) is 18.1. The second-order valence-corrected chi connectivity index (χ2v) is 6.19. The Morgan fingerprint density at radius 1 is 1.00 bits per heavy atom. The Morgan fingerprint density at radius 3 is 2.26 bits per heavy atom. The highest BCUT2D eigenvalue weighted by atomic mass is 35.5. The number of allylic oxidation sites excluding steroid dienone is 6. The van der Waals surface area contributed by atoms with Crippen LogP contribution in [0.4, 0.5) is 0 Å². The molecule has 0 aliphatic carbocycles. The Morgan fingerprint density at radius 2 is 1.70 bits per heavy atom. The molecule has 0 aliphatic heterocycles. The van der Waals surface area contributed by atoms with Crippen LogP contribution in [0.2, 0.25) is 0 Å². The van der Waals surface area contributed by atoms with Crippen molar-refractivity contribution in [3.05, 3.63) is 103 Å². The maximum Gasteiger partial charge on any atom is 0.119 e. The van der Waals surface area contributed by atoms with Crippen LogP contribution in [0.3, 0.4) is 0 Å². The Kier molecular flexibility index (Phi) is 8.63. The van der Waals surface area contributed by atoms with Crippen molar-refractivity contribution in [2.75, 3.05) is 19.1 Å². The van der Waals surface area contributed by atoms with Gasteiger partial charge in [0, 0.05) is 5.88 Å². The fourth-order valence-corrected chi connectivity index (χ4v) is 3.11. The smallest absolute Gasteiger partial charge is 0.119 e. The van der Waals surface area contributed by atoms with Gasteiger partial charge < -0.3 is 9.84 Å². The van der Waals surface area contributed by atoms with Crippen LogP contribution in [0.5, 0.6) is 5.75 Å². The Hall–Kier alpha value is -2.55. The fourth-order valence-electron chi connectivity index (χ4n) is 2.92. The van der Waals surface area contributed by atoms with E-state index in [1.165, 1.54) is 0 Å². The SMILES string of the molecule is C=C/C=C(C=C)/C(=C(\CCCl)c1ccccc1)c1ccc(OCCO)cc1. The molecule has 0 saturated carbocycles. The monoisotopic (exact) mass is 380 g/mol. The average Bonchev–Trinajstić information content (AvgIpc) is 2.72. The van der Waals surface area contributed by atoms with Gasteiger partial charge in [0.2, 0.25) is 0 Å². The summed E-state index contributed by atoms with van der Waals surface area (Å²) in [4.78, 5) is 0. The highest BCUT2D eigenvalue weighted by Crippen LogP contribution is 2.35. The van der Waals surface area contributed by atoms with Crippen molar-refractivity contribution in [2.24, 2.45) is 0 Å². The van der Waals surface area contributed by atoms with Gasteiger partial charge >= 0.3 is 0 Å². The van der Waals surface area contributed by atoms with E-state index in [0.29, 0.717) is 5.88 Å². The maximum absolute atomic E-state index is 8.92. The summed E-state index contributed by atoms with van der Waals surface area (Å²) < 4.78 is 5.48. The summed E-state index contributed by atoms with van der Waals surface area (Å²) in [5.74, 6) is 1.24. The minimum atomic E-state index is -0.0104. The average molecular weight is 381 g/mol. The maximum atomic E-state index is 8.92. The lowest BCUT2D eigenvalue weighted by molar-refractivity contribution is 0.201. The fraction of sp³-hybridized carbons (Fsp3) is 0.167. The van der Waals surface area contributed by atoms with Crippen LogP contribution in [-0.2, 0) is 0 Å². The predicted octanol–water partition coefficient (Wildman–Crippen LogP) is 5.90. The van der Waals surface area contributed by atoms with E-state index >= 15 is 0 Å². The number of halogens is 1.